The van der Waals surface area contributed by atoms with Crippen LogP contribution in [0.1, 0.15) is 26.3 Å². The molecule has 0 aliphatic heterocycles. The van der Waals surface area contributed by atoms with Gasteiger partial charge in [0, 0.05) is 6.54 Å². The van der Waals surface area contributed by atoms with Crippen LogP contribution in [0.25, 0.3) is 0 Å². The normalized spacial score (nSPS) is 11.8. The highest BCUT2D eigenvalue weighted by atomic mass is 16.5. The Balaban J connectivity index is 1.86. The van der Waals surface area contributed by atoms with Gasteiger partial charge in [-0.3, -0.25) is 4.79 Å². The van der Waals surface area contributed by atoms with Crippen molar-refractivity contribution in [3.05, 3.63) is 60.2 Å². The summed E-state index contributed by atoms with van der Waals surface area (Å²) in [5, 5.41) is 2.88. The van der Waals surface area contributed by atoms with Gasteiger partial charge in [0.1, 0.15) is 11.5 Å². The highest BCUT2D eigenvalue weighted by Gasteiger charge is 2.14. The van der Waals surface area contributed by atoms with Gasteiger partial charge in [-0.2, -0.15) is 0 Å². The molecule has 4 nitrogen and oxygen atoms in total. The van der Waals surface area contributed by atoms with Crippen molar-refractivity contribution in [3.63, 3.8) is 0 Å². The Morgan fingerprint density at radius 2 is 1.65 bits per heavy atom. The maximum Gasteiger partial charge on any atom is 0.261 e. The number of rotatable bonds is 7. The SMILES string of the molecule is CC(C)Oc1cccc(CNC(=O)C(C)Oc2ccccc2)c1. The van der Waals surface area contributed by atoms with Gasteiger partial charge in [0.2, 0.25) is 0 Å². The van der Waals surface area contributed by atoms with Crippen molar-refractivity contribution < 1.29 is 14.3 Å². The summed E-state index contributed by atoms with van der Waals surface area (Å²) in [5.41, 5.74) is 0.989. The van der Waals surface area contributed by atoms with Crippen LogP contribution in [0.3, 0.4) is 0 Å². The molecule has 0 heterocycles. The van der Waals surface area contributed by atoms with Crippen LogP contribution < -0.4 is 14.8 Å². The number of ether oxygens (including phenoxy) is 2. The van der Waals surface area contributed by atoms with E-state index in [1.54, 1.807) is 6.92 Å². The zero-order valence-electron chi connectivity index (χ0n) is 13.8. The Hall–Kier alpha value is -2.49. The van der Waals surface area contributed by atoms with Crippen molar-refractivity contribution in [2.45, 2.75) is 39.5 Å². The second-order valence-electron chi connectivity index (χ2n) is 5.60. The number of carbonyl (C=O) groups is 1. The number of hydrogen-bond acceptors (Lipinski definition) is 3. The average molecular weight is 313 g/mol. The first-order chi connectivity index (χ1) is 11.0. The smallest absolute Gasteiger partial charge is 0.261 e. The molecule has 2 aromatic rings. The topological polar surface area (TPSA) is 47.6 Å². The van der Waals surface area contributed by atoms with E-state index in [0.29, 0.717) is 12.3 Å². The molecule has 2 rings (SSSR count). The minimum Gasteiger partial charge on any atom is -0.491 e. The van der Waals surface area contributed by atoms with Crippen LogP contribution >= 0.6 is 0 Å². The number of benzene rings is 2. The lowest BCUT2D eigenvalue weighted by Gasteiger charge is -2.15. The minimum absolute atomic E-state index is 0.124. The Bertz CT molecular complexity index is 626. The third-order valence-corrected chi connectivity index (χ3v) is 3.16. The molecular formula is C19H23NO3. The van der Waals surface area contributed by atoms with Crippen LogP contribution in [0.5, 0.6) is 11.5 Å². The van der Waals surface area contributed by atoms with Gasteiger partial charge in [-0.1, -0.05) is 30.3 Å². The van der Waals surface area contributed by atoms with Crippen LogP contribution in [-0.2, 0) is 11.3 Å². The van der Waals surface area contributed by atoms with Crippen molar-refractivity contribution in [2.75, 3.05) is 0 Å². The van der Waals surface area contributed by atoms with Crippen molar-refractivity contribution in [3.8, 4) is 11.5 Å². The van der Waals surface area contributed by atoms with E-state index in [2.05, 4.69) is 5.32 Å². The Labute approximate surface area is 137 Å². The molecule has 0 aliphatic carbocycles. The monoisotopic (exact) mass is 313 g/mol. The molecule has 0 fully saturated rings. The number of para-hydroxylation sites is 1. The first-order valence-electron chi connectivity index (χ1n) is 7.79. The van der Waals surface area contributed by atoms with E-state index < -0.39 is 6.10 Å². The van der Waals surface area contributed by atoms with Crippen LogP contribution in [-0.4, -0.2) is 18.1 Å². The minimum atomic E-state index is -0.549. The van der Waals surface area contributed by atoms with Gasteiger partial charge in [0.15, 0.2) is 6.10 Å². The number of amides is 1. The summed E-state index contributed by atoms with van der Waals surface area (Å²) < 4.78 is 11.3. The molecule has 0 saturated carbocycles. The fraction of sp³-hybridized carbons (Fsp3) is 0.316. The number of nitrogens with one attached hydrogen (secondary N) is 1. The first kappa shape index (κ1) is 16.9. The van der Waals surface area contributed by atoms with Gasteiger partial charge in [0.25, 0.3) is 5.91 Å². The predicted molar refractivity (Wildman–Crippen MR) is 90.6 cm³/mol. The molecule has 0 aromatic heterocycles. The van der Waals surface area contributed by atoms with Gasteiger partial charge in [-0.25, -0.2) is 0 Å². The van der Waals surface area contributed by atoms with Crippen LogP contribution in [0, 0.1) is 0 Å². The van der Waals surface area contributed by atoms with Crippen molar-refractivity contribution in [1.82, 2.24) is 5.32 Å². The van der Waals surface area contributed by atoms with E-state index in [1.807, 2.05) is 68.4 Å². The number of hydrogen-bond donors (Lipinski definition) is 1. The lowest BCUT2D eigenvalue weighted by molar-refractivity contribution is -0.127. The molecule has 0 spiro atoms. The van der Waals surface area contributed by atoms with Crippen molar-refractivity contribution in [1.29, 1.82) is 0 Å². The van der Waals surface area contributed by atoms with Gasteiger partial charge in [-0.05, 0) is 50.6 Å². The standard InChI is InChI=1S/C19H23NO3/c1-14(2)22-18-11-7-8-16(12-18)13-20-19(21)15(3)23-17-9-5-4-6-10-17/h4-12,14-15H,13H2,1-3H3,(H,20,21). The van der Waals surface area contributed by atoms with E-state index in [0.717, 1.165) is 11.3 Å². The average Bonchev–Trinajstić information content (AvgIpc) is 2.53. The molecule has 1 amide bonds. The molecular weight excluding hydrogens is 290 g/mol. The zero-order valence-corrected chi connectivity index (χ0v) is 13.8. The fourth-order valence-corrected chi connectivity index (χ4v) is 2.09. The van der Waals surface area contributed by atoms with Crippen molar-refractivity contribution >= 4 is 5.91 Å². The molecule has 1 unspecified atom stereocenters. The quantitative estimate of drug-likeness (QED) is 0.850. The molecule has 1 atom stereocenters. The highest BCUT2D eigenvalue weighted by Crippen LogP contribution is 2.15. The third kappa shape index (κ3) is 5.66. The summed E-state index contributed by atoms with van der Waals surface area (Å²) >= 11 is 0. The van der Waals surface area contributed by atoms with Crippen LogP contribution in [0.2, 0.25) is 0 Å². The van der Waals surface area contributed by atoms with Gasteiger partial charge in [-0.15, -0.1) is 0 Å². The van der Waals surface area contributed by atoms with Crippen LogP contribution in [0.4, 0.5) is 0 Å². The summed E-state index contributed by atoms with van der Waals surface area (Å²) in [6, 6.07) is 17.0. The second-order valence-corrected chi connectivity index (χ2v) is 5.60. The maximum atomic E-state index is 12.1. The molecule has 0 radical (unpaired) electrons. The maximum absolute atomic E-state index is 12.1. The van der Waals surface area contributed by atoms with E-state index >= 15 is 0 Å². The van der Waals surface area contributed by atoms with Crippen LogP contribution in [0.15, 0.2) is 54.6 Å². The van der Waals surface area contributed by atoms with Crippen molar-refractivity contribution in [2.24, 2.45) is 0 Å². The fourth-order valence-electron chi connectivity index (χ4n) is 2.09. The molecule has 1 N–H and O–H groups in total. The zero-order chi connectivity index (χ0) is 16.7. The molecule has 122 valence electrons. The van der Waals surface area contributed by atoms with E-state index in [-0.39, 0.29) is 12.0 Å². The first-order valence-corrected chi connectivity index (χ1v) is 7.79. The second kappa shape index (κ2) is 8.22. The lowest BCUT2D eigenvalue weighted by atomic mass is 10.2. The predicted octanol–water partition coefficient (Wildman–Crippen LogP) is 3.56. The van der Waals surface area contributed by atoms with E-state index in [4.69, 9.17) is 9.47 Å². The molecule has 4 heteroatoms. The summed E-state index contributed by atoms with van der Waals surface area (Å²) in [4.78, 5) is 12.1. The summed E-state index contributed by atoms with van der Waals surface area (Å²) in [6.07, 6.45) is -0.424. The summed E-state index contributed by atoms with van der Waals surface area (Å²) in [5.74, 6) is 1.34. The molecule has 0 bridgehead atoms. The Morgan fingerprint density at radius 1 is 0.957 bits per heavy atom. The summed E-state index contributed by atoms with van der Waals surface area (Å²) in [6.45, 7) is 6.14. The van der Waals surface area contributed by atoms with Gasteiger partial charge < -0.3 is 14.8 Å². The lowest BCUT2D eigenvalue weighted by Crippen LogP contribution is -2.35. The van der Waals surface area contributed by atoms with E-state index in [1.165, 1.54) is 0 Å². The highest BCUT2D eigenvalue weighted by molar-refractivity contribution is 5.80. The number of carbonyl (C=O) groups excluding carboxylic acids is 1. The molecule has 0 aliphatic rings. The van der Waals surface area contributed by atoms with Gasteiger partial charge >= 0.3 is 0 Å². The van der Waals surface area contributed by atoms with Gasteiger partial charge in [0.05, 0.1) is 6.10 Å². The Morgan fingerprint density at radius 3 is 2.35 bits per heavy atom. The largest absolute Gasteiger partial charge is 0.491 e. The molecule has 23 heavy (non-hydrogen) atoms. The Kier molecular flexibility index (Phi) is 6.03. The van der Waals surface area contributed by atoms with E-state index in [9.17, 15) is 4.79 Å². The summed E-state index contributed by atoms with van der Waals surface area (Å²) in [7, 11) is 0. The third-order valence-electron chi connectivity index (χ3n) is 3.16. The molecule has 0 saturated heterocycles. The molecule has 2 aromatic carbocycles.